The molecule has 5 amide bonds. The molecular weight excluding hydrogens is 921 g/mol. The number of cyclic esters (lactones) is 1. The molecule has 2 aromatic carbocycles. The fourth-order valence-electron chi connectivity index (χ4n) is 8.27. The van der Waals surface area contributed by atoms with Crippen LogP contribution in [-0.2, 0) is 74.6 Å². The molecule has 0 radical (unpaired) electrons. The third-order valence-electron chi connectivity index (χ3n) is 11.7. The summed E-state index contributed by atoms with van der Waals surface area (Å²) in [6, 6.07) is 10.2. The van der Waals surface area contributed by atoms with Crippen molar-refractivity contribution in [3.63, 3.8) is 0 Å². The van der Waals surface area contributed by atoms with Crippen molar-refractivity contribution in [2.45, 2.75) is 76.5 Å². The van der Waals surface area contributed by atoms with Gasteiger partial charge in [0.25, 0.3) is 5.56 Å². The maximum atomic E-state index is 15.3. The van der Waals surface area contributed by atoms with Gasteiger partial charge in [-0.3, -0.25) is 28.8 Å². The van der Waals surface area contributed by atoms with E-state index in [-0.39, 0.29) is 70.0 Å². The number of carbonyl (C=O) groups is 7. The highest BCUT2D eigenvalue weighted by Crippen LogP contribution is 2.46. The number of nitrogens with two attached hydrogens (primary N) is 1. The van der Waals surface area contributed by atoms with Gasteiger partial charge < -0.3 is 56.6 Å². The Kier molecular flexibility index (Phi) is 15.8. The zero-order valence-electron chi connectivity index (χ0n) is 37.1. The molecule has 7 rings (SSSR count). The van der Waals surface area contributed by atoms with Gasteiger partial charge >= 0.3 is 18.1 Å². The average Bonchev–Trinajstić information content (AvgIpc) is 3.69. The van der Waals surface area contributed by atoms with E-state index in [4.69, 9.17) is 30.1 Å². The topological polar surface area (TPSA) is 299 Å². The average molecular weight is 969 g/mol. The van der Waals surface area contributed by atoms with E-state index in [0.717, 1.165) is 11.1 Å². The molecule has 0 saturated heterocycles. The number of aryl methyl sites for hydroxylation is 1. The number of carboxylic acid groups (broad SMARTS) is 1. The maximum absolute atomic E-state index is 15.3. The molecule has 0 fully saturated rings. The summed E-state index contributed by atoms with van der Waals surface area (Å²) in [7, 11) is 0. The Balaban J connectivity index is 0.00000104. The van der Waals surface area contributed by atoms with Crippen LogP contribution in [-0.4, -0.2) is 113 Å². The summed E-state index contributed by atoms with van der Waals surface area (Å²) in [5.74, 6) is -6.84. The highest BCUT2D eigenvalue weighted by atomic mass is 19.4. The number of carboxylic acids is 1. The lowest BCUT2D eigenvalue weighted by Crippen LogP contribution is -2.52. The molecule has 69 heavy (non-hydrogen) atoms. The number of hydrogen-bond donors (Lipinski definition) is 8. The summed E-state index contributed by atoms with van der Waals surface area (Å²) in [6.07, 6.45) is -4.13. The third-order valence-corrected chi connectivity index (χ3v) is 11.7. The maximum Gasteiger partial charge on any atom is 0.490 e. The Morgan fingerprint density at radius 1 is 0.986 bits per heavy atom. The molecule has 2 aliphatic heterocycles. The monoisotopic (exact) mass is 968 g/mol. The fraction of sp³-hybridized carbons (Fsp3) is 0.400. The van der Waals surface area contributed by atoms with E-state index >= 15 is 4.39 Å². The van der Waals surface area contributed by atoms with Crippen LogP contribution in [0, 0.1) is 12.7 Å². The van der Waals surface area contributed by atoms with Crippen LogP contribution in [0.2, 0.25) is 0 Å². The molecule has 0 bridgehead atoms. The molecular formula is C45H48F4N8O12. The molecule has 368 valence electrons. The molecule has 4 aromatic rings. The number of carbonyl (C=O) groups excluding carboxylic acids is 6. The van der Waals surface area contributed by atoms with Gasteiger partial charge in [-0.05, 0) is 54.5 Å². The van der Waals surface area contributed by atoms with Crippen LogP contribution in [0.3, 0.4) is 0 Å². The van der Waals surface area contributed by atoms with Gasteiger partial charge in [-0.15, -0.1) is 0 Å². The zero-order valence-corrected chi connectivity index (χ0v) is 37.1. The number of pyridine rings is 2. The van der Waals surface area contributed by atoms with Crippen molar-refractivity contribution in [3.05, 3.63) is 97.6 Å². The molecule has 0 saturated carbocycles. The number of halogens is 4. The molecule has 0 spiro atoms. The van der Waals surface area contributed by atoms with Gasteiger partial charge in [0.15, 0.2) is 5.60 Å². The van der Waals surface area contributed by atoms with Crippen LogP contribution in [0.4, 0.5) is 17.6 Å². The van der Waals surface area contributed by atoms with Crippen LogP contribution in [0.5, 0.6) is 0 Å². The van der Waals surface area contributed by atoms with Crippen molar-refractivity contribution < 1.29 is 70.8 Å². The first-order chi connectivity index (χ1) is 32.7. The van der Waals surface area contributed by atoms with Gasteiger partial charge in [-0.2, -0.15) is 13.2 Å². The predicted octanol–water partition coefficient (Wildman–Crippen LogP) is 0.315. The largest absolute Gasteiger partial charge is 0.490 e. The number of benzene rings is 2. The van der Waals surface area contributed by atoms with E-state index in [9.17, 15) is 51.8 Å². The van der Waals surface area contributed by atoms with Crippen molar-refractivity contribution in [3.8, 4) is 11.4 Å². The standard InChI is InChI=1S/C43H47FN8O10.C2HF3O2/c1-3-43(60)27-14-32-39-25(19-52(32)41(58)26(27)20-62-42(43)59)38-29(10-9-24-22(2)28(44)15-30(51-39)37(24)38)49-36(56)21-61-12-11-46-34(54)17-48-40(57)31(13-23-7-5-4-6-8-23)50-35(55)18-47-33(53)16-45;3-2(4,5)1(6)7/h4-8,14-15,29,31,60H,3,9-13,16-21,45H2,1-2H3,(H,46,54)(H,47,53)(H,48,57)(H,49,56)(H,50,55);(H,6,7)/t29-,31?,43-;/m0./s1. The van der Waals surface area contributed by atoms with E-state index in [2.05, 4.69) is 26.6 Å². The number of esters is 1. The van der Waals surface area contributed by atoms with E-state index in [1.165, 1.54) is 10.6 Å². The minimum atomic E-state index is -5.08. The fourth-order valence-corrected chi connectivity index (χ4v) is 8.27. The molecule has 4 heterocycles. The number of nitrogens with one attached hydrogen (secondary N) is 5. The Hall–Kier alpha value is -7.31. The minimum Gasteiger partial charge on any atom is -0.475 e. The molecule has 3 aliphatic rings. The molecule has 1 unspecified atom stereocenters. The van der Waals surface area contributed by atoms with Gasteiger partial charge in [0, 0.05) is 35.5 Å². The summed E-state index contributed by atoms with van der Waals surface area (Å²) >= 11 is 0. The minimum absolute atomic E-state index is 0.00785. The van der Waals surface area contributed by atoms with Gasteiger partial charge in [-0.25, -0.2) is 19.0 Å². The van der Waals surface area contributed by atoms with E-state index in [1.54, 1.807) is 50.2 Å². The first kappa shape index (κ1) is 51.1. The van der Waals surface area contributed by atoms with E-state index in [0.29, 0.717) is 51.8 Å². The number of aromatic nitrogens is 2. The van der Waals surface area contributed by atoms with Crippen LogP contribution >= 0.6 is 0 Å². The van der Waals surface area contributed by atoms with Gasteiger partial charge in [-0.1, -0.05) is 37.3 Å². The Labute approximate surface area is 389 Å². The zero-order chi connectivity index (χ0) is 50.4. The third kappa shape index (κ3) is 11.4. The highest BCUT2D eigenvalue weighted by Gasteiger charge is 2.46. The van der Waals surface area contributed by atoms with E-state index < -0.39 is 83.3 Å². The molecule has 9 N–H and O–H groups in total. The van der Waals surface area contributed by atoms with Crippen LogP contribution in [0.1, 0.15) is 64.8 Å². The number of hydrogen-bond acceptors (Lipinski definition) is 13. The lowest BCUT2D eigenvalue weighted by Gasteiger charge is -2.31. The van der Waals surface area contributed by atoms with Gasteiger partial charge in [0.1, 0.15) is 25.1 Å². The lowest BCUT2D eigenvalue weighted by atomic mass is 9.81. The number of nitrogens with zero attached hydrogens (tertiary/aromatic N) is 2. The normalized spacial score (nSPS) is 16.9. The summed E-state index contributed by atoms with van der Waals surface area (Å²) in [5, 5.41) is 32.2. The van der Waals surface area contributed by atoms with Gasteiger partial charge in [0.2, 0.25) is 29.5 Å². The molecule has 2 aromatic heterocycles. The number of rotatable bonds is 16. The van der Waals surface area contributed by atoms with Crippen LogP contribution in [0.25, 0.3) is 22.3 Å². The first-order valence-electron chi connectivity index (χ1n) is 21.5. The Bertz CT molecular complexity index is 2770. The first-order valence-corrected chi connectivity index (χ1v) is 21.5. The smallest absolute Gasteiger partial charge is 0.475 e. The number of aliphatic carboxylic acids is 1. The molecule has 20 nitrogen and oxygen atoms in total. The van der Waals surface area contributed by atoms with Crippen LogP contribution < -0.4 is 37.9 Å². The van der Waals surface area contributed by atoms with Crippen molar-refractivity contribution in [1.82, 2.24) is 36.1 Å². The number of alkyl halides is 3. The quantitative estimate of drug-likeness (QED) is 0.0376. The second-order valence-electron chi connectivity index (χ2n) is 16.2. The second kappa shape index (κ2) is 21.3. The van der Waals surface area contributed by atoms with Gasteiger partial charge in [0.05, 0.1) is 61.3 Å². The predicted molar refractivity (Wildman–Crippen MR) is 233 cm³/mol. The van der Waals surface area contributed by atoms with Crippen LogP contribution in [0.15, 0.2) is 47.3 Å². The molecule has 1 aliphatic carbocycles. The summed E-state index contributed by atoms with van der Waals surface area (Å²) in [6.45, 7) is 1.59. The SMILES string of the molecule is CC[C@@]1(O)C(=O)OCc2c1cc1n(c2=O)Cc2c-1nc1cc(F)c(C)c3c1c2[C@@H](NC(=O)COCCNC(=O)CNC(=O)C(Cc1ccccc1)NC(=O)CNC(=O)CN)CC3.O=C(O)C(F)(F)F. The molecule has 3 atom stereocenters. The van der Waals surface area contributed by atoms with Crippen molar-refractivity contribution in [1.29, 1.82) is 0 Å². The summed E-state index contributed by atoms with van der Waals surface area (Å²) < 4.78 is 59.3. The Morgan fingerprint density at radius 2 is 1.68 bits per heavy atom. The second-order valence-corrected chi connectivity index (χ2v) is 16.2. The number of aliphatic hydroxyl groups is 1. The summed E-state index contributed by atoms with van der Waals surface area (Å²) in [5.41, 5.74) is 7.50. The van der Waals surface area contributed by atoms with Crippen molar-refractivity contribution in [2.24, 2.45) is 5.73 Å². The lowest BCUT2D eigenvalue weighted by molar-refractivity contribution is -0.192. The Morgan fingerprint density at radius 3 is 2.35 bits per heavy atom. The van der Waals surface area contributed by atoms with E-state index in [1.807, 2.05) is 0 Å². The van der Waals surface area contributed by atoms with Crippen molar-refractivity contribution >= 4 is 52.4 Å². The number of fused-ring (bicyclic) bond motifs is 5. The summed E-state index contributed by atoms with van der Waals surface area (Å²) in [4.78, 5) is 103. The molecule has 24 heteroatoms. The number of amides is 5. The van der Waals surface area contributed by atoms with Crippen molar-refractivity contribution in [2.75, 3.05) is 39.4 Å². The number of ether oxygens (including phenoxy) is 2. The highest BCUT2D eigenvalue weighted by molar-refractivity contribution is 5.95.